The first-order chi connectivity index (χ1) is 8.64. The third-order valence-electron chi connectivity index (χ3n) is 3.61. The molecule has 0 radical (unpaired) electrons. The van der Waals surface area contributed by atoms with Gasteiger partial charge in [0.25, 0.3) is 0 Å². The second-order valence-corrected chi connectivity index (χ2v) is 5.14. The normalized spacial score (nSPS) is 13.5. The predicted molar refractivity (Wildman–Crippen MR) is 73.0 cm³/mol. The summed E-state index contributed by atoms with van der Waals surface area (Å²) < 4.78 is 5.11. The molecule has 0 fully saturated rings. The van der Waals surface area contributed by atoms with Crippen LogP contribution in [-0.2, 0) is 11.8 Å². The van der Waals surface area contributed by atoms with Gasteiger partial charge in [-0.1, -0.05) is 44.2 Å². The van der Waals surface area contributed by atoms with Crippen molar-refractivity contribution in [2.45, 2.75) is 31.7 Å². The second-order valence-electron chi connectivity index (χ2n) is 5.14. The van der Waals surface area contributed by atoms with Gasteiger partial charge in [0.05, 0.1) is 12.5 Å². The Morgan fingerprint density at radius 2 is 1.94 bits per heavy atom. The lowest BCUT2D eigenvalue weighted by Crippen LogP contribution is -2.49. The summed E-state index contributed by atoms with van der Waals surface area (Å²) in [6, 6.07) is 12.5. The van der Waals surface area contributed by atoms with Crippen LogP contribution in [0.1, 0.15) is 25.0 Å². The molecule has 0 saturated heterocycles. The molecule has 0 bridgehead atoms. The summed E-state index contributed by atoms with van der Waals surface area (Å²) in [5, 5.41) is 0. The Labute approximate surface area is 108 Å². The van der Waals surface area contributed by atoms with Gasteiger partial charge >= 0.3 is 0 Å². The number of hydrazine groups is 1. The van der Waals surface area contributed by atoms with E-state index in [0.29, 0.717) is 0 Å². The quantitative estimate of drug-likeness (QED) is 0.628. The standard InChI is InChI=1S/C15H20N2O/c1-15(2,13-6-4-3-5-7-13)14(17-16)10-12-8-9-18-11-12/h3-9,11,14,17H,10,16H2,1-2H3. The molecule has 1 aromatic carbocycles. The number of nitrogens with one attached hydrogen (secondary N) is 1. The Morgan fingerprint density at radius 3 is 2.50 bits per heavy atom. The first kappa shape index (κ1) is 12.9. The van der Waals surface area contributed by atoms with Crippen LogP contribution >= 0.6 is 0 Å². The van der Waals surface area contributed by atoms with Crippen molar-refractivity contribution in [1.29, 1.82) is 0 Å². The van der Waals surface area contributed by atoms with Crippen molar-refractivity contribution in [2.24, 2.45) is 5.84 Å². The van der Waals surface area contributed by atoms with E-state index >= 15 is 0 Å². The Morgan fingerprint density at radius 1 is 1.22 bits per heavy atom. The highest BCUT2D eigenvalue weighted by atomic mass is 16.3. The molecule has 3 heteroatoms. The molecule has 1 aromatic heterocycles. The van der Waals surface area contributed by atoms with Crippen LogP contribution in [0.15, 0.2) is 53.3 Å². The maximum absolute atomic E-state index is 5.73. The van der Waals surface area contributed by atoms with E-state index in [-0.39, 0.29) is 11.5 Å². The zero-order chi connectivity index (χ0) is 13.0. The summed E-state index contributed by atoms with van der Waals surface area (Å²) in [6.45, 7) is 4.40. The van der Waals surface area contributed by atoms with Gasteiger partial charge in [-0.25, -0.2) is 0 Å². The van der Waals surface area contributed by atoms with Gasteiger partial charge in [-0.05, 0) is 23.6 Å². The smallest absolute Gasteiger partial charge is 0.0935 e. The summed E-state index contributed by atoms with van der Waals surface area (Å²) in [7, 11) is 0. The van der Waals surface area contributed by atoms with Gasteiger partial charge in [-0.2, -0.15) is 0 Å². The molecule has 2 rings (SSSR count). The van der Waals surface area contributed by atoms with E-state index < -0.39 is 0 Å². The number of hydrogen-bond acceptors (Lipinski definition) is 3. The van der Waals surface area contributed by atoms with Crippen molar-refractivity contribution in [3.8, 4) is 0 Å². The lowest BCUT2D eigenvalue weighted by molar-refractivity contribution is 0.341. The largest absolute Gasteiger partial charge is 0.472 e. The highest BCUT2D eigenvalue weighted by Gasteiger charge is 2.30. The van der Waals surface area contributed by atoms with Crippen molar-refractivity contribution >= 4 is 0 Å². The van der Waals surface area contributed by atoms with Crippen LogP contribution in [0.25, 0.3) is 0 Å². The van der Waals surface area contributed by atoms with Crippen molar-refractivity contribution < 1.29 is 4.42 Å². The van der Waals surface area contributed by atoms with Gasteiger partial charge in [-0.15, -0.1) is 0 Å². The molecule has 3 N–H and O–H groups in total. The Kier molecular flexibility index (Phi) is 3.84. The first-order valence-electron chi connectivity index (χ1n) is 6.17. The summed E-state index contributed by atoms with van der Waals surface area (Å²) in [4.78, 5) is 0. The second kappa shape index (κ2) is 5.38. The molecule has 1 heterocycles. The van der Waals surface area contributed by atoms with Gasteiger partial charge in [0.2, 0.25) is 0 Å². The predicted octanol–water partition coefficient (Wildman–Crippen LogP) is 2.63. The van der Waals surface area contributed by atoms with Gasteiger partial charge in [0.15, 0.2) is 0 Å². The van der Waals surface area contributed by atoms with Crippen LogP contribution in [0.2, 0.25) is 0 Å². The van der Waals surface area contributed by atoms with E-state index in [0.717, 1.165) is 12.0 Å². The van der Waals surface area contributed by atoms with Crippen molar-refractivity contribution in [3.05, 3.63) is 60.1 Å². The molecule has 2 aromatic rings. The topological polar surface area (TPSA) is 51.2 Å². The third kappa shape index (κ3) is 2.63. The van der Waals surface area contributed by atoms with E-state index in [9.17, 15) is 0 Å². The minimum Gasteiger partial charge on any atom is -0.472 e. The van der Waals surface area contributed by atoms with Crippen molar-refractivity contribution in [3.63, 3.8) is 0 Å². The Hall–Kier alpha value is -1.58. The zero-order valence-corrected chi connectivity index (χ0v) is 10.9. The number of hydrogen-bond donors (Lipinski definition) is 2. The van der Waals surface area contributed by atoms with E-state index in [1.165, 1.54) is 5.56 Å². The SMILES string of the molecule is CC(C)(c1ccccc1)C(Cc1ccoc1)NN. The van der Waals surface area contributed by atoms with E-state index in [2.05, 4.69) is 43.5 Å². The zero-order valence-electron chi connectivity index (χ0n) is 10.9. The van der Waals surface area contributed by atoms with Crippen LogP contribution in [0.4, 0.5) is 0 Å². The maximum atomic E-state index is 5.73. The summed E-state index contributed by atoms with van der Waals surface area (Å²) >= 11 is 0. The molecule has 0 aliphatic rings. The van der Waals surface area contributed by atoms with Crippen LogP contribution in [0, 0.1) is 0 Å². The molecule has 18 heavy (non-hydrogen) atoms. The minimum atomic E-state index is -0.0483. The fourth-order valence-electron chi connectivity index (χ4n) is 2.24. The van der Waals surface area contributed by atoms with Crippen LogP contribution < -0.4 is 11.3 Å². The molecule has 0 spiro atoms. The van der Waals surface area contributed by atoms with Crippen molar-refractivity contribution in [2.75, 3.05) is 0 Å². The fourth-order valence-corrected chi connectivity index (χ4v) is 2.24. The van der Waals surface area contributed by atoms with Gasteiger partial charge in [0.1, 0.15) is 0 Å². The number of nitrogens with two attached hydrogens (primary N) is 1. The van der Waals surface area contributed by atoms with Gasteiger partial charge in [0, 0.05) is 11.5 Å². The van der Waals surface area contributed by atoms with Gasteiger partial charge < -0.3 is 4.42 Å². The molecule has 0 aliphatic heterocycles. The highest BCUT2D eigenvalue weighted by Crippen LogP contribution is 2.28. The maximum Gasteiger partial charge on any atom is 0.0935 e. The molecule has 3 nitrogen and oxygen atoms in total. The molecule has 1 atom stereocenters. The monoisotopic (exact) mass is 244 g/mol. The molecule has 96 valence electrons. The molecule has 0 aliphatic carbocycles. The lowest BCUT2D eigenvalue weighted by Gasteiger charge is -2.34. The molecular weight excluding hydrogens is 224 g/mol. The van der Waals surface area contributed by atoms with Gasteiger partial charge in [-0.3, -0.25) is 11.3 Å². The number of benzene rings is 1. The third-order valence-corrected chi connectivity index (χ3v) is 3.61. The minimum absolute atomic E-state index is 0.0483. The van der Waals surface area contributed by atoms with Crippen LogP contribution in [0.3, 0.4) is 0 Å². The lowest BCUT2D eigenvalue weighted by atomic mass is 9.76. The fraction of sp³-hybridized carbons (Fsp3) is 0.333. The number of rotatable bonds is 5. The van der Waals surface area contributed by atoms with Crippen LogP contribution in [0.5, 0.6) is 0 Å². The Balaban J connectivity index is 2.21. The summed E-state index contributed by atoms with van der Waals surface area (Å²) in [5.74, 6) is 5.73. The van der Waals surface area contributed by atoms with Crippen LogP contribution in [-0.4, -0.2) is 6.04 Å². The van der Waals surface area contributed by atoms with Crippen molar-refractivity contribution in [1.82, 2.24) is 5.43 Å². The average Bonchev–Trinajstić information content (AvgIpc) is 2.89. The van der Waals surface area contributed by atoms with E-state index in [4.69, 9.17) is 10.3 Å². The molecule has 0 amide bonds. The molecular formula is C15H20N2O. The molecule has 0 saturated carbocycles. The summed E-state index contributed by atoms with van der Waals surface area (Å²) in [6.07, 6.45) is 4.30. The highest BCUT2D eigenvalue weighted by molar-refractivity contribution is 5.27. The van der Waals surface area contributed by atoms with E-state index in [1.54, 1.807) is 12.5 Å². The molecule has 1 unspecified atom stereocenters. The number of furan rings is 1. The van der Waals surface area contributed by atoms with E-state index in [1.807, 2.05) is 12.1 Å². The first-order valence-corrected chi connectivity index (χ1v) is 6.17. The summed E-state index contributed by atoms with van der Waals surface area (Å²) in [5.41, 5.74) is 5.32. The average molecular weight is 244 g/mol. The Bertz CT molecular complexity index is 463.